The van der Waals surface area contributed by atoms with Crippen molar-refractivity contribution in [2.75, 3.05) is 35.9 Å². The Bertz CT molecular complexity index is 816. The minimum Gasteiger partial charge on any atom is -0.378 e. The highest BCUT2D eigenvalue weighted by atomic mass is 35.5. The largest absolute Gasteiger partial charge is 0.378 e. The van der Waals surface area contributed by atoms with E-state index in [9.17, 15) is 8.42 Å². The Morgan fingerprint density at radius 1 is 1.08 bits per heavy atom. The minimum atomic E-state index is -3.63. The normalized spacial score (nSPS) is 15.3. The predicted octanol–water partition coefficient (Wildman–Crippen LogP) is 3.29. The van der Waals surface area contributed by atoms with Crippen molar-refractivity contribution in [3.8, 4) is 0 Å². The van der Waals surface area contributed by atoms with Gasteiger partial charge in [0.25, 0.3) is 10.0 Å². The summed E-state index contributed by atoms with van der Waals surface area (Å²) in [4.78, 5) is 2.41. The van der Waals surface area contributed by atoms with Gasteiger partial charge in [-0.2, -0.15) is 0 Å². The first-order valence-electron chi connectivity index (χ1n) is 7.67. The third kappa shape index (κ3) is 3.83. The van der Waals surface area contributed by atoms with Crippen molar-refractivity contribution >= 4 is 33.0 Å². The topological polar surface area (TPSA) is 58.6 Å². The molecule has 0 unspecified atom stereocenters. The van der Waals surface area contributed by atoms with Gasteiger partial charge in [-0.15, -0.1) is 0 Å². The molecule has 1 aliphatic heterocycles. The second kappa shape index (κ2) is 7.01. The van der Waals surface area contributed by atoms with E-state index in [1.54, 1.807) is 31.2 Å². The molecule has 0 saturated carbocycles. The number of halogens is 1. The Hall–Kier alpha value is -1.76. The van der Waals surface area contributed by atoms with E-state index in [0.717, 1.165) is 24.3 Å². The Morgan fingerprint density at radius 3 is 2.38 bits per heavy atom. The molecule has 24 heavy (non-hydrogen) atoms. The van der Waals surface area contributed by atoms with Gasteiger partial charge >= 0.3 is 0 Å². The minimum absolute atomic E-state index is 0.196. The van der Waals surface area contributed by atoms with Crippen molar-refractivity contribution in [1.82, 2.24) is 0 Å². The molecule has 0 atom stereocenters. The zero-order valence-electron chi connectivity index (χ0n) is 13.3. The fourth-order valence-electron chi connectivity index (χ4n) is 2.56. The van der Waals surface area contributed by atoms with Crippen LogP contribution in [0.3, 0.4) is 0 Å². The van der Waals surface area contributed by atoms with E-state index in [1.807, 2.05) is 12.1 Å². The maximum absolute atomic E-state index is 12.5. The molecule has 1 fully saturated rings. The van der Waals surface area contributed by atoms with Crippen LogP contribution in [0.1, 0.15) is 5.56 Å². The molecule has 0 bridgehead atoms. The van der Waals surface area contributed by atoms with Gasteiger partial charge in [-0.1, -0.05) is 11.6 Å². The number of hydrogen-bond donors (Lipinski definition) is 1. The van der Waals surface area contributed by atoms with Crippen LogP contribution in [0.2, 0.25) is 5.02 Å². The van der Waals surface area contributed by atoms with Crippen molar-refractivity contribution in [2.45, 2.75) is 11.8 Å². The third-order valence-corrected chi connectivity index (χ3v) is 5.74. The highest BCUT2D eigenvalue weighted by Crippen LogP contribution is 2.23. The number of anilines is 2. The van der Waals surface area contributed by atoms with Crippen molar-refractivity contribution in [1.29, 1.82) is 0 Å². The molecular formula is C17H19ClN2O3S. The summed E-state index contributed by atoms with van der Waals surface area (Å²) < 4.78 is 32.9. The summed E-state index contributed by atoms with van der Waals surface area (Å²) >= 11 is 5.95. The van der Waals surface area contributed by atoms with Crippen molar-refractivity contribution in [3.05, 3.63) is 53.1 Å². The summed E-state index contributed by atoms with van der Waals surface area (Å²) in [6.07, 6.45) is 0. The maximum Gasteiger partial charge on any atom is 0.261 e. The fourth-order valence-corrected chi connectivity index (χ4v) is 3.82. The van der Waals surface area contributed by atoms with E-state index in [0.29, 0.717) is 23.9 Å². The molecule has 7 heteroatoms. The fraction of sp³-hybridized carbons (Fsp3) is 0.294. The molecule has 0 aliphatic carbocycles. The van der Waals surface area contributed by atoms with Crippen LogP contribution >= 0.6 is 11.6 Å². The molecule has 1 saturated heterocycles. The number of morpholine rings is 1. The van der Waals surface area contributed by atoms with Crippen molar-refractivity contribution < 1.29 is 13.2 Å². The van der Waals surface area contributed by atoms with Crippen LogP contribution < -0.4 is 9.62 Å². The van der Waals surface area contributed by atoms with E-state index in [2.05, 4.69) is 9.62 Å². The summed E-state index contributed by atoms with van der Waals surface area (Å²) in [6, 6.07) is 12.0. The lowest BCUT2D eigenvalue weighted by Gasteiger charge is -2.28. The van der Waals surface area contributed by atoms with Crippen LogP contribution in [0.5, 0.6) is 0 Å². The molecule has 5 nitrogen and oxygen atoms in total. The lowest BCUT2D eigenvalue weighted by atomic mass is 10.2. The quantitative estimate of drug-likeness (QED) is 0.902. The van der Waals surface area contributed by atoms with Gasteiger partial charge in [0.15, 0.2) is 0 Å². The van der Waals surface area contributed by atoms with Crippen molar-refractivity contribution in [3.63, 3.8) is 0 Å². The highest BCUT2D eigenvalue weighted by Gasteiger charge is 2.16. The Kier molecular flexibility index (Phi) is 4.99. The zero-order valence-corrected chi connectivity index (χ0v) is 14.9. The molecule has 2 aromatic rings. The van der Waals surface area contributed by atoms with Gasteiger partial charge in [0.1, 0.15) is 0 Å². The van der Waals surface area contributed by atoms with E-state index in [1.165, 1.54) is 6.07 Å². The number of rotatable bonds is 4. The lowest BCUT2D eigenvalue weighted by molar-refractivity contribution is 0.122. The first kappa shape index (κ1) is 17.1. The second-order valence-corrected chi connectivity index (χ2v) is 7.75. The average Bonchev–Trinajstić information content (AvgIpc) is 2.58. The molecule has 0 aromatic heterocycles. The van der Waals surface area contributed by atoms with Gasteiger partial charge in [0.05, 0.1) is 18.1 Å². The molecule has 2 aromatic carbocycles. The van der Waals surface area contributed by atoms with Crippen molar-refractivity contribution in [2.24, 2.45) is 0 Å². The SMILES string of the molecule is Cc1cc(S(=O)(=O)Nc2ccc(N3CCOCC3)cc2)ccc1Cl. The number of ether oxygens (including phenoxy) is 1. The van der Waals surface area contributed by atoms with Gasteiger partial charge in [-0.25, -0.2) is 8.42 Å². The van der Waals surface area contributed by atoms with Crippen LogP contribution in [0.15, 0.2) is 47.4 Å². The van der Waals surface area contributed by atoms with Gasteiger partial charge in [0.2, 0.25) is 0 Å². The molecule has 3 rings (SSSR count). The van der Waals surface area contributed by atoms with E-state index in [4.69, 9.17) is 16.3 Å². The summed E-state index contributed by atoms with van der Waals surface area (Å²) in [6.45, 7) is 4.89. The summed E-state index contributed by atoms with van der Waals surface area (Å²) in [5.41, 5.74) is 2.31. The number of hydrogen-bond acceptors (Lipinski definition) is 4. The molecule has 128 valence electrons. The van der Waals surface area contributed by atoms with Gasteiger partial charge in [0, 0.05) is 29.5 Å². The first-order valence-corrected chi connectivity index (χ1v) is 9.53. The zero-order chi connectivity index (χ0) is 17.2. The van der Waals surface area contributed by atoms with E-state index >= 15 is 0 Å². The van der Waals surface area contributed by atoms with Crippen LogP contribution in [-0.4, -0.2) is 34.7 Å². The molecule has 1 heterocycles. The number of aryl methyl sites for hydroxylation is 1. The van der Waals surface area contributed by atoms with E-state index in [-0.39, 0.29) is 4.90 Å². The smallest absolute Gasteiger partial charge is 0.261 e. The number of sulfonamides is 1. The second-order valence-electron chi connectivity index (χ2n) is 5.66. The molecule has 0 spiro atoms. The average molecular weight is 367 g/mol. The van der Waals surface area contributed by atoms with Gasteiger partial charge in [-0.3, -0.25) is 4.72 Å². The Labute approximate surface area is 147 Å². The van der Waals surface area contributed by atoms with Crippen LogP contribution in [0.25, 0.3) is 0 Å². The summed E-state index contributed by atoms with van der Waals surface area (Å²) in [5.74, 6) is 0. The van der Waals surface area contributed by atoms with E-state index < -0.39 is 10.0 Å². The van der Waals surface area contributed by atoms with Crippen LogP contribution in [0, 0.1) is 6.92 Å². The van der Waals surface area contributed by atoms with Gasteiger partial charge < -0.3 is 9.64 Å². The summed E-state index contributed by atoms with van der Waals surface area (Å²) in [7, 11) is -3.63. The lowest BCUT2D eigenvalue weighted by Crippen LogP contribution is -2.36. The molecule has 0 amide bonds. The first-order chi connectivity index (χ1) is 11.5. The Morgan fingerprint density at radius 2 is 1.75 bits per heavy atom. The highest BCUT2D eigenvalue weighted by molar-refractivity contribution is 7.92. The number of benzene rings is 2. The van der Waals surface area contributed by atoms with Crippen LogP contribution in [0.4, 0.5) is 11.4 Å². The summed E-state index contributed by atoms with van der Waals surface area (Å²) in [5, 5.41) is 0.545. The molecule has 0 radical (unpaired) electrons. The van der Waals surface area contributed by atoms with Gasteiger partial charge in [-0.05, 0) is 55.0 Å². The number of nitrogens with zero attached hydrogens (tertiary/aromatic N) is 1. The standard InChI is InChI=1S/C17H19ClN2O3S/c1-13-12-16(6-7-17(13)18)24(21,22)19-14-2-4-15(5-3-14)20-8-10-23-11-9-20/h2-7,12,19H,8-11H2,1H3. The number of nitrogens with one attached hydrogen (secondary N) is 1. The molecular weight excluding hydrogens is 348 g/mol. The monoisotopic (exact) mass is 366 g/mol. The predicted molar refractivity (Wildman–Crippen MR) is 96.5 cm³/mol. The van der Waals surface area contributed by atoms with Crippen LogP contribution in [-0.2, 0) is 14.8 Å². The third-order valence-electron chi connectivity index (χ3n) is 3.94. The molecule has 1 N–H and O–H groups in total. The maximum atomic E-state index is 12.5. The molecule has 1 aliphatic rings. The Balaban J connectivity index is 1.76.